The van der Waals surface area contributed by atoms with Crippen LogP contribution >= 0.6 is 0 Å². The van der Waals surface area contributed by atoms with Gasteiger partial charge in [-0.05, 0) is 13.0 Å². The second-order valence-electron chi connectivity index (χ2n) is 2.24. The summed E-state index contributed by atoms with van der Waals surface area (Å²) in [6, 6.07) is 0. The highest BCUT2D eigenvalue weighted by Gasteiger charge is 2.05. The average Bonchev–Trinajstić information content (AvgIpc) is 1.96. The Morgan fingerprint density at radius 2 is 2.33 bits per heavy atom. The number of hydrogen-bond acceptors (Lipinski definition) is 3. The Morgan fingerprint density at radius 1 is 1.75 bits per heavy atom. The normalized spacial score (nSPS) is 13.4. The molecule has 0 aliphatic heterocycles. The van der Waals surface area contributed by atoms with Crippen LogP contribution in [0.1, 0.15) is 13.8 Å². The third-order valence-electron chi connectivity index (χ3n) is 1.01. The zero-order valence-corrected chi connectivity index (χ0v) is 7.20. The van der Waals surface area contributed by atoms with Gasteiger partial charge in [0.2, 0.25) is 5.91 Å². The third-order valence-corrected chi connectivity index (χ3v) is 1.01. The Kier molecular flexibility index (Phi) is 4.79. The second kappa shape index (κ2) is 5.37. The van der Waals surface area contributed by atoms with Crippen molar-refractivity contribution in [2.75, 3.05) is 0 Å². The van der Waals surface area contributed by atoms with Gasteiger partial charge in [0.1, 0.15) is 6.10 Å². The van der Waals surface area contributed by atoms with Gasteiger partial charge in [-0.1, -0.05) is 12.7 Å². The fourth-order valence-electron chi connectivity index (χ4n) is 0.506. The summed E-state index contributed by atoms with van der Waals surface area (Å²) in [4.78, 5) is 15.1. The summed E-state index contributed by atoms with van der Waals surface area (Å²) in [5.74, 6) is -0.0780. The van der Waals surface area contributed by atoms with Crippen LogP contribution in [0.4, 0.5) is 0 Å². The zero-order valence-electron chi connectivity index (χ0n) is 7.20. The third kappa shape index (κ3) is 4.51. The molecule has 12 heavy (non-hydrogen) atoms. The van der Waals surface area contributed by atoms with Crippen molar-refractivity contribution in [3.8, 4) is 0 Å². The van der Waals surface area contributed by atoms with Gasteiger partial charge in [-0.2, -0.15) is 5.48 Å². The van der Waals surface area contributed by atoms with E-state index >= 15 is 0 Å². The summed E-state index contributed by atoms with van der Waals surface area (Å²) in [6.45, 7) is 6.27. The van der Waals surface area contributed by atoms with Gasteiger partial charge in [0.25, 0.3) is 0 Å². The van der Waals surface area contributed by atoms with E-state index in [-0.39, 0.29) is 11.7 Å². The summed E-state index contributed by atoms with van der Waals surface area (Å²) < 4.78 is 0. The number of amides is 1. The van der Waals surface area contributed by atoms with E-state index < -0.39 is 6.10 Å². The van der Waals surface area contributed by atoms with E-state index in [0.717, 1.165) is 0 Å². The van der Waals surface area contributed by atoms with Gasteiger partial charge >= 0.3 is 0 Å². The highest BCUT2D eigenvalue weighted by molar-refractivity contribution is 5.71. The Hall–Kier alpha value is -1.29. The van der Waals surface area contributed by atoms with Crippen molar-refractivity contribution in [2.24, 2.45) is 0 Å². The average molecular weight is 171 g/mol. The van der Waals surface area contributed by atoms with Gasteiger partial charge < -0.3 is 9.94 Å². The van der Waals surface area contributed by atoms with Crippen LogP contribution in [0.3, 0.4) is 0 Å². The van der Waals surface area contributed by atoms with E-state index in [0.29, 0.717) is 0 Å². The highest BCUT2D eigenvalue weighted by Crippen LogP contribution is 2.01. The maximum absolute atomic E-state index is 10.4. The zero-order chi connectivity index (χ0) is 9.56. The molecule has 0 spiro atoms. The summed E-state index contributed by atoms with van der Waals surface area (Å²) in [5.41, 5.74) is 2.10. The maximum Gasteiger partial charge on any atom is 0.249 e. The van der Waals surface area contributed by atoms with Crippen molar-refractivity contribution in [1.29, 1.82) is 0 Å². The number of nitrogens with one attached hydrogen (secondary N) is 1. The van der Waals surface area contributed by atoms with Crippen molar-refractivity contribution < 1.29 is 14.7 Å². The van der Waals surface area contributed by atoms with Crippen LogP contribution in [-0.2, 0) is 9.63 Å². The summed E-state index contributed by atoms with van der Waals surface area (Å²) in [6.07, 6.45) is 2.17. The van der Waals surface area contributed by atoms with Gasteiger partial charge in [0.15, 0.2) is 5.76 Å². The minimum Gasteiger partial charge on any atom is -0.385 e. The lowest BCUT2D eigenvalue weighted by Gasteiger charge is -2.10. The van der Waals surface area contributed by atoms with E-state index in [2.05, 4.69) is 12.1 Å². The number of carbonyl (C=O) groups excluding carboxylic acids is 1. The number of rotatable bonds is 4. The second-order valence-corrected chi connectivity index (χ2v) is 2.24. The van der Waals surface area contributed by atoms with Gasteiger partial charge in [0.05, 0.1) is 0 Å². The molecule has 2 N–H and O–H groups in total. The molecule has 0 rings (SSSR count). The molecule has 1 atom stereocenters. The molecule has 1 amide bonds. The molecular formula is C8H13NO3. The quantitative estimate of drug-likeness (QED) is 0.368. The van der Waals surface area contributed by atoms with Crippen LogP contribution in [0, 0.1) is 0 Å². The van der Waals surface area contributed by atoms with Crippen molar-refractivity contribution in [3.05, 3.63) is 24.5 Å². The number of aliphatic hydroxyl groups excluding tert-OH is 1. The molecule has 68 valence electrons. The minimum absolute atomic E-state index is 0.250. The molecule has 4 nitrogen and oxygen atoms in total. The number of allylic oxidation sites excluding steroid dienone is 2. The lowest BCUT2D eigenvalue weighted by atomic mass is 10.3. The van der Waals surface area contributed by atoms with Crippen molar-refractivity contribution >= 4 is 5.91 Å². The van der Waals surface area contributed by atoms with E-state index in [4.69, 9.17) is 9.94 Å². The molecule has 0 saturated heterocycles. The summed E-state index contributed by atoms with van der Waals surface area (Å²) in [5, 5.41) is 9.06. The molecule has 0 aliphatic rings. The van der Waals surface area contributed by atoms with Gasteiger partial charge in [0, 0.05) is 6.92 Å². The molecule has 0 radical (unpaired) electrons. The fraction of sp³-hybridized carbons (Fsp3) is 0.375. The Bertz CT molecular complexity index is 196. The van der Waals surface area contributed by atoms with E-state index in [1.807, 2.05) is 0 Å². The molecule has 0 aliphatic carbocycles. The smallest absolute Gasteiger partial charge is 0.249 e. The van der Waals surface area contributed by atoms with Crippen LogP contribution in [-0.4, -0.2) is 17.1 Å². The van der Waals surface area contributed by atoms with Crippen molar-refractivity contribution in [2.45, 2.75) is 20.0 Å². The topological polar surface area (TPSA) is 58.6 Å². The molecule has 0 bridgehead atoms. The lowest BCUT2D eigenvalue weighted by Crippen LogP contribution is -2.23. The molecule has 0 heterocycles. The van der Waals surface area contributed by atoms with Crippen LogP contribution in [0.25, 0.3) is 0 Å². The van der Waals surface area contributed by atoms with Gasteiger partial charge in [-0.25, -0.2) is 0 Å². The molecule has 0 aromatic carbocycles. The number of hydrogen-bond donors (Lipinski definition) is 2. The lowest BCUT2D eigenvalue weighted by molar-refractivity contribution is -0.129. The predicted octanol–water partition coefficient (Wildman–Crippen LogP) is 0.505. The summed E-state index contributed by atoms with van der Waals surface area (Å²) in [7, 11) is 0. The fourth-order valence-corrected chi connectivity index (χ4v) is 0.506. The van der Waals surface area contributed by atoms with Crippen LogP contribution in [0.2, 0.25) is 0 Å². The van der Waals surface area contributed by atoms with E-state index in [9.17, 15) is 4.79 Å². The van der Waals surface area contributed by atoms with Crippen LogP contribution < -0.4 is 5.48 Å². The van der Waals surface area contributed by atoms with Gasteiger partial charge in [-0.3, -0.25) is 4.79 Å². The standard InChI is InChI=1S/C8H13NO3/c1-4-5-8(6(2)10)12-9-7(3)11/h4-6,10H,1H2,2-3H3,(H,9,11)/b8-5+. The highest BCUT2D eigenvalue weighted by atomic mass is 16.7. The monoisotopic (exact) mass is 171 g/mol. The molecule has 4 heteroatoms. The van der Waals surface area contributed by atoms with Crippen LogP contribution in [0.15, 0.2) is 24.5 Å². The van der Waals surface area contributed by atoms with Crippen molar-refractivity contribution in [1.82, 2.24) is 5.48 Å². The van der Waals surface area contributed by atoms with Crippen molar-refractivity contribution in [3.63, 3.8) is 0 Å². The molecule has 1 unspecified atom stereocenters. The van der Waals surface area contributed by atoms with E-state index in [1.165, 1.54) is 26.0 Å². The number of hydroxylamine groups is 1. The van der Waals surface area contributed by atoms with E-state index in [1.54, 1.807) is 0 Å². The minimum atomic E-state index is -0.769. The Balaban J connectivity index is 4.05. The van der Waals surface area contributed by atoms with Crippen LogP contribution in [0.5, 0.6) is 0 Å². The molecule has 0 saturated carbocycles. The first-order valence-electron chi connectivity index (χ1n) is 3.52. The first-order chi connectivity index (χ1) is 5.57. The molecular weight excluding hydrogens is 158 g/mol. The first kappa shape index (κ1) is 10.7. The molecule has 0 aromatic rings. The Morgan fingerprint density at radius 3 is 2.67 bits per heavy atom. The first-order valence-corrected chi connectivity index (χ1v) is 3.52. The number of carbonyl (C=O) groups is 1. The summed E-state index contributed by atoms with van der Waals surface area (Å²) >= 11 is 0. The Labute approximate surface area is 71.5 Å². The van der Waals surface area contributed by atoms with Gasteiger partial charge in [-0.15, -0.1) is 0 Å². The molecule has 0 fully saturated rings. The predicted molar refractivity (Wildman–Crippen MR) is 44.9 cm³/mol. The SMILES string of the molecule is C=C/C=C(/ONC(C)=O)C(C)O. The molecule has 0 aromatic heterocycles. The largest absolute Gasteiger partial charge is 0.385 e. The maximum atomic E-state index is 10.4. The number of aliphatic hydroxyl groups is 1.